The maximum atomic E-state index is 6.02. The minimum absolute atomic E-state index is 0.567. The molecule has 100 valence electrons. The number of hydrogen-bond acceptors (Lipinski definition) is 2. The highest BCUT2D eigenvalue weighted by Crippen LogP contribution is 2.27. The molecule has 18 heavy (non-hydrogen) atoms. The molecule has 1 unspecified atom stereocenters. The van der Waals surface area contributed by atoms with Crippen LogP contribution in [0.1, 0.15) is 12.0 Å². The van der Waals surface area contributed by atoms with Crippen LogP contribution in [-0.2, 0) is 5.88 Å². The van der Waals surface area contributed by atoms with Gasteiger partial charge in [0.2, 0.25) is 0 Å². The van der Waals surface area contributed by atoms with E-state index in [1.165, 1.54) is 30.8 Å². The van der Waals surface area contributed by atoms with E-state index >= 15 is 0 Å². The zero-order chi connectivity index (χ0) is 13.1. The monoisotopic (exact) mass is 330 g/mol. The van der Waals surface area contributed by atoms with Crippen molar-refractivity contribution in [1.29, 1.82) is 0 Å². The molecule has 0 radical (unpaired) electrons. The Labute approximate surface area is 123 Å². The summed E-state index contributed by atoms with van der Waals surface area (Å²) in [5.74, 6) is 1.33. The van der Waals surface area contributed by atoms with Crippen LogP contribution in [0.25, 0.3) is 0 Å². The van der Waals surface area contributed by atoms with Gasteiger partial charge in [0, 0.05) is 36.2 Å². The van der Waals surface area contributed by atoms with Crippen LogP contribution in [0.3, 0.4) is 0 Å². The van der Waals surface area contributed by atoms with Crippen LogP contribution in [0.5, 0.6) is 0 Å². The lowest BCUT2D eigenvalue weighted by Crippen LogP contribution is -2.27. The van der Waals surface area contributed by atoms with Crippen molar-refractivity contribution in [2.24, 2.45) is 5.92 Å². The Hall–Kier alpha value is -0.250. The summed E-state index contributed by atoms with van der Waals surface area (Å²) in [6.45, 7) is 3.53. The van der Waals surface area contributed by atoms with E-state index in [0.717, 1.165) is 16.9 Å². The van der Waals surface area contributed by atoms with E-state index in [1.807, 2.05) is 0 Å². The number of anilines is 1. The molecule has 1 fully saturated rings. The van der Waals surface area contributed by atoms with Crippen molar-refractivity contribution in [2.75, 3.05) is 38.6 Å². The Morgan fingerprint density at radius 3 is 2.89 bits per heavy atom. The summed E-state index contributed by atoms with van der Waals surface area (Å²) >= 11 is 9.56. The molecule has 4 heteroatoms. The van der Waals surface area contributed by atoms with Gasteiger partial charge in [0.1, 0.15) is 0 Å². The molecule has 2 rings (SSSR count). The number of likely N-dealkylation sites (tertiary alicyclic amines) is 1. The molecule has 0 spiro atoms. The zero-order valence-corrected chi connectivity index (χ0v) is 13.3. The molecule has 1 aliphatic rings. The first-order chi connectivity index (χ1) is 8.60. The van der Waals surface area contributed by atoms with Crippen molar-refractivity contribution in [1.82, 2.24) is 4.90 Å². The molecule has 1 aromatic carbocycles. The predicted octanol–water partition coefficient (Wildman–Crippen LogP) is 3.58. The van der Waals surface area contributed by atoms with Gasteiger partial charge in [-0.25, -0.2) is 0 Å². The number of nitrogens with zero attached hydrogens (tertiary/aromatic N) is 2. The Kier molecular flexibility index (Phi) is 4.93. The molecule has 1 aromatic rings. The van der Waals surface area contributed by atoms with Crippen LogP contribution >= 0.6 is 27.5 Å². The topological polar surface area (TPSA) is 6.48 Å². The summed E-state index contributed by atoms with van der Waals surface area (Å²) in [6.07, 6.45) is 1.30. The predicted molar refractivity (Wildman–Crippen MR) is 82.6 cm³/mol. The van der Waals surface area contributed by atoms with Gasteiger partial charge in [0.25, 0.3) is 0 Å². The molecule has 1 aliphatic heterocycles. The molecule has 1 saturated heterocycles. The van der Waals surface area contributed by atoms with E-state index in [-0.39, 0.29) is 0 Å². The highest BCUT2D eigenvalue weighted by Gasteiger charge is 2.21. The highest BCUT2D eigenvalue weighted by atomic mass is 79.9. The minimum Gasteiger partial charge on any atom is -0.374 e. The van der Waals surface area contributed by atoms with Gasteiger partial charge < -0.3 is 9.80 Å². The summed E-state index contributed by atoms with van der Waals surface area (Å²) in [5, 5.41) is 0. The number of benzene rings is 1. The van der Waals surface area contributed by atoms with Gasteiger partial charge in [-0.1, -0.05) is 22.0 Å². The molecule has 1 atom stereocenters. The van der Waals surface area contributed by atoms with E-state index in [9.17, 15) is 0 Å². The fraction of sp³-hybridized carbons (Fsp3) is 0.571. The summed E-state index contributed by atoms with van der Waals surface area (Å²) in [5.41, 5.74) is 2.45. The summed E-state index contributed by atoms with van der Waals surface area (Å²) < 4.78 is 1.11. The van der Waals surface area contributed by atoms with Gasteiger partial charge in [-0.3, -0.25) is 0 Å². The number of halogens is 2. The van der Waals surface area contributed by atoms with Gasteiger partial charge in [-0.05, 0) is 43.6 Å². The van der Waals surface area contributed by atoms with E-state index in [1.54, 1.807) is 0 Å². The number of hydrogen-bond donors (Lipinski definition) is 0. The third-order valence-electron chi connectivity index (χ3n) is 3.62. The van der Waals surface area contributed by atoms with Gasteiger partial charge in [-0.2, -0.15) is 0 Å². The Bertz CT molecular complexity index is 411. The number of alkyl halides is 1. The van der Waals surface area contributed by atoms with Crippen molar-refractivity contribution < 1.29 is 0 Å². The molecule has 0 bridgehead atoms. The van der Waals surface area contributed by atoms with Crippen LogP contribution in [0.4, 0.5) is 5.69 Å². The molecule has 0 aromatic heterocycles. The fourth-order valence-electron chi connectivity index (χ4n) is 2.67. The fourth-order valence-corrected chi connectivity index (χ4v) is 3.24. The van der Waals surface area contributed by atoms with Gasteiger partial charge in [0.15, 0.2) is 0 Å². The lowest BCUT2D eigenvalue weighted by atomic mass is 10.1. The molecular formula is C14H20BrClN2. The van der Waals surface area contributed by atoms with Crippen LogP contribution in [0.15, 0.2) is 22.7 Å². The van der Waals surface area contributed by atoms with E-state index in [2.05, 4.69) is 58.0 Å². The highest BCUT2D eigenvalue weighted by molar-refractivity contribution is 9.10. The van der Waals surface area contributed by atoms with Crippen molar-refractivity contribution >= 4 is 33.2 Å². The molecule has 1 heterocycles. The van der Waals surface area contributed by atoms with Gasteiger partial charge in [0.05, 0.1) is 0 Å². The average molecular weight is 332 g/mol. The normalized spacial score (nSPS) is 20.3. The largest absolute Gasteiger partial charge is 0.374 e. The SMILES string of the molecule is CN1CCC(CN(C)c2cc(Br)ccc2CCl)C1. The molecule has 0 aliphatic carbocycles. The van der Waals surface area contributed by atoms with E-state index in [4.69, 9.17) is 11.6 Å². The minimum atomic E-state index is 0.567. The molecular weight excluding hydrogens is 312 g/mol. The third kappa shape index (κ3) is 3.40. The maximum absolute atomic E-state index is 6.02. The van der Waals surface area contributed by atoms with Gasteiger partial charge >= 0.3 is 0 Å². The molecule has 0 saturated carbocycles. The second-order valence-corrected chi connectivity index (χ2v) is 6.39. The van der Waals surface area contributed by atoms with Crippen molar-refractivity contribution in [2.45, 2.75) is 12.3 Å². The Balaban J connectivity index is 2.08. The van der Waals surface area contributed by atoms with Crippen LogP contribution in [-0.4, -0.2) is 38.6 Å². The second kappa shape index (κ2) is 6.27. The maximum Gasteiger partial charge on any atom is 0.0494 e. The van der Waals surface area contributed by atoms with Crippen molar-refractivity contribution in [3.63, 3.8) is 0 Å². The quantitative estimate of drug-likeness (QED) is 0.778. The molecule has 0 amide bonds. The van der Waals surface area contributed by atoms with Crippen LogP contribution in [0, 0.1) is 5.92 Å². The van der Waals surface area contributed by atoms with Crippen molar-refractivity contribution in [3.05, 3.63) is 28.2 Å². The third-order valence-corrected chi connectivity index (χ3v) is 4.40. The zero-order valence-electron chi connectivity index (χ0n) is 11.0. The Morgan fingerprint density at radius 2 is 2.28 bits per heavy atom. The first-order valence-corrected chi connectivity index (χ1v) is 7.67. The lowest BCUT2D eigenvalue weighted by molar-refractivity contribution is 0.396. The first kappa shape index (κ1) is 14.2. The van der Waals surface area contributed by atoms with Crippen LogP contribution in [0.2, 0.25) is 0 Å². The second-order valence-electron chi connectivity index (χ2n) is 5.20. The van der Waals surface area contributed by atoms with E-state index < -0.39 is 0 Å². The van der Waals surface area contributed by atoms with Crippen molar-refractivity contribution in [3.8, 4) is 0 Å². The number of rotatable bonds is 4. The first-order valence-electron chi connectivity index (χ1n) is 6.34. The van der Waals surface area contributed by atoms with Crippen LogP contribution < -0.4 is 4.90 Å². The van der Waals surface area contributed by atoms with E-state index in [0.29, 0.717) is 5.88 Å². The molecule has 0 N–H and O–H groups in total. The van der Waals surface area contributed by atoms with Gasteiger partial charge in [-0.15, -0.1) is 11.6 Å². The molecule has 2 nitrogen and oxygen atoms in total. The average Bonchev–Trinajstić information content (AvgIpc) is 2.74. The standard InChI is InChI=1S/C14H20BrClN2/c1-17-6-5-11(9-17)10-18(2)14-7-13(15)4-3-12(14)8-16/h3-4,7,11H,5-6,8-10H2,1-2H3. The summed E-state index contributed by atoms with van der Waals surface area (Å²) in [7, 11) is 4.36. The summed E-state index contributed by atoms with van der Waals surface area (Å²) in [4.78, 5) is 4.74. The lowest BCUT2D eigenvalue weighted by Gasteiger charge is -2.25. The smallest absolute Gasteiger partial charge is 0.0494 e. The Morgan fingerprint density at radius 1 is 1.50 bits per heavy atom. The summed E-state index contributed by atoms with van der Waals surface area (Å²) in [6, 6.07) is 6.32.